The molecule has 0 aliphatic carbocycles. The Hall–Kier alpha value is -2.70. The average molecular weight is 365 g/mol. The summed E-state index contributed by atoms with van der Waals surface area (Å²) >= 11 is 0. The van der Waals surface area contributed by atoms with Crippen LogP contribution in [-0.2, 0) is 11.3 Å². The third-order valence-electron chi connectivity index (χ3n) is 4.68. The second-order valence-electron chi connectivity index (χ2n) is 7.02. The number of nitrogens with zero attached hydrogens (tertiary/aromatic N) is 3. The van der Waals surface area contributed by atoms with Gasteiger partial charge in [-0.3, -0.25) is 4.79 Å². The van der Waals surface area contributed by atoms with Crippen molar-refractivity contribution in [2.75, 3.05) is 45.3 Å². The van der Waals surface area contributed by atoms with Crippen molar-refractivity contribution in [3.05, 3.63) is 58.4 Å². The van der Waals surface area contributed by atoms with Crippen LogP contribution in [0.5, 0.6) is 0 Å². The van der Waals surface area contributed by atoms with Gasteiger partial charge in [0, 0.05) is 25.2 Å². The molecule has 1 fully saturated rings. The second-order valence-corrected chi connectivity index (χ2v) is 7.02. The van der Waals surface area contributed by atoms with Crippen LogP contribution in [0, 0.1) is 0 Å². The molecule has 0 radical (unpaired) electrons. The lowest BCUT2D eigenvalue weighted by Gasteiger charge is -2.26. The van der Waals surface area contributed by atoms with E-state index in [2.05, 4.69) is 34.1 Å². The zero-order chi connectivity index (χ0) is 18.8. The van der Waals surface area contributed by atoms with Gasteiger partial charge >= 0.3 is 6.01 Å². The maximum Gasteiger partial charge on any atom is 0.301 e. The highest BCUT2D eigenvalue weighted by molar-refractivity contribution is 5.91. The van der Waals surface area contributed by atoms with Crippen molar-refractivity contribution < 1.29 is 9.15 Å². The smallest absolute Gasteiger partial charge is 0.301 e. The van der Waals surface area contributed by atoms with E-state index < -0.39 is 0 Å². The van der Waals surface area contributed by atoms with E-state index in [-0.39, 0.29) is 5.56 Å². The number of para-hydroxylation sites is 1. The van der Waals surface area contributed by atoms with Gasteiger partial charge in [-0.15, -0.1) is 0 Å². The van der Waals surface area contributed by atoms with Crippen LogP contribution in [0.2, 0.25) is 0 Å². The fraction of sp³-hybridized carbons (Fsp3) is 0.333. The minimum Gasteiger partial charge on any atom is -0.424 e. The van der Waals surface area contributed by atoms with Crippen molar-refractivity contribution in [1.82, 2.24) is 9.88 Å². The summed E-state index contributed by atoms with van der Waals surface area (Å²) in [6.45, 7) is 3.44. The molecule has 6 heteroatoms. The van der Waals surface area contributed by atoms with E-state index in [0.717, 1.165) is 17.7 Å². The number of rotatable bonds is 4. The number of benzene rings is 2. The van der Waals surface area contributed by atoms with Gasteiger partial charge in [-0.2, -0.15) is 4.98 Å². The molecule has 0 atom stereocenters. The molecule has 0 saturated carbocycles. The molecule has 27 heavy (non-hydrogen) atoms. The topological polar surface area (TPSA) is 58.8 Å². The lowest BCUT2D eigenvalue weighted by Crippen LogP contribution is -2.37. The Morgan fingerprint density at radius 1 is 1.07 bits per heavy atom. The molecule has 2 heterocycles. The minimum atomic E-state index is -0.260. The summed E-state index contributed by atoms with van der Waals surface area (Å²) in [5, 5.41) is 0.502. The first-order chi connectivity index (χ1) is 13.1. The molecule has 0 unspecified atom stereocenters. The summed E-state index contributed by atoms with van der Waals surface area (Å²) < 4.78 is 11.5. The van der Waals surface area contributed by atoms with Gasteiger partial charge < -0.3 is 19.0 Å². The molecule has 0 bridgehead atoms. The van der Waals surface area contributed by atoms with Gasteiger partial charge in [0.2, 0.25) is 0 Å². The number of aromatic nitrogens is 1. The summed E-state index contributed by atoms with van der Waals surface area (Å²) in [6.07, 6.45) is 0. The van der Waals surface area contributed by atoms with Crippen molar-refractivity contribution in [1.29, 1.82) is 0 Å². The molecular formula is C21H23N3O3. The zero-order valence-corrected chi connectivity index (χ0v) is 15.6. The average Bonchev–Trinajstić information content (AvgIpc) is 2.68. The van der Waals surface area contributed by atoms with Crippen molar-refractivity contribution in [2.45, 2.75) is 6.54 Å². The lowest BCUT2D eigenvalue weighted by atomic mass is 10.0. The molecule has 3 aromatic rings. The number of hydrogen-bond donors (Lipinski definition) is 0. The van der Waals surface area contributed by atoms with E-state index in [0.29, 0.717) is 43.3 Å². The first-order valence-corrected chi connectivity index (χ1v) is 9.12. The summed E-state index contributed by atoms with van der Waals surface area (Å²) in [7, 11) is 4.10. The monoisotopic (exact) mass is 365 g/mol. The third kappa shape index (κ3) is 3.72. The van der Waals surface area contributed by atoms with E-state index in [4.69, 9.17) is 9.15 Å². The predicted molar refractivity (Wildman–Crippen MR) is 106 cm³/mol. The quantitative estimate of drug-likeness (QED) is 0.709. The Morgan fingerprint density at radius 2 is 1.81 bits per heavy atom. The van der Waals surface area contributed by atoms with Crippen molar-refractivity contribution in [3.8, 4) is 11.1 Å². The van der Waals surface area contributed by atoms with Crippen LogP contribution in [0.25, 0.3) is 22.1 Å². The van der Waals surface area contributed by atoms with Crippen LogP contribution in [0.15, 0.2) is 51.7 Å². The van der Waals surface area contributed by atoms with Crippen molar-refractivity contribution in [2.24, 2.45) is 0 Å². The van der Waals surface area contributed by atoms with Crippen molar-refractivity contribution in [3.63, 3.8) is 0 Å². The molecule has 4 rings (SSSR count). The largest absolute Gasteiger partial charge is 0.424 e. The lowest BCUT2D eigenvalue weighted by molar-refractivity contribution is 0.120. The summed E-state index contributed by atoms with van der Waals surface area (Å²) in [5.41, 5.74) is 3.48. The Morgan fingerprint density at radius 3 is 2.52 bits per heavy atom. The highest BCUT2D eigenvalue weighted by Gasteiger charge is 2.18. The van der Waals surface area contributed by atoms with Crippen LogP contribution < -0.4 is 10.5 Å². The number of fused-ring (bicyclic) bond motifs is 1. The fourth-order valence-electron chi connectivity index (χ4n) is 3.35. The number of ether oxygens (including phenoxy) is 1. The van der Waals surface area contributed by atoms with Crippen LogP contribution in [0.3, 0.4) is 0 Å². The highest BCUT2D eigenvalue weighted by atomic mass is 16.5. The van der Waals surface area contributed by atoms with E-state index >= 15 is 0 Å². The Kier molecular flexibility index (Phi) is 4.92. The van der Waals surface area contributed by atoms with Crippen molar-refractivity contribution >= 4 is 17.0 Å². The molecule has 1 aliphatic rings. The van der Waals surface area contributed by atoms with Crippen LogP contribution >= 0.6 is 0 Å². The molecule has 1 saturated heterocycles. The fourth-order valence-corrected chi connectivity index (χ4v) is 3.35. The van der Waals surface area contributed by atoms with Gasteiger partial charge in [0.05, 0.1) is 18.6 Å². The number of anilines is 1. The van der Waals surface area contributed by atoms with Gasteiger partial charge in [-0.1, -0.05) is 36.4 Å². The van der Waals surface area contributed by atoms with Crippen LogP contribution in [0.1, 0.15) is 5.56 Å². The zero-order valence-electron chi connectivity index (χ0n) is 15.6. The number of morpholine rings is 1. The predicted octanol–water partition coefficient (Wildman–Crippen LogP) is 2.75. The first kappa shape index (κ1) is 17.7. The molecular weight excluding hydrogens is 342 g/mol. The molecule has 0 spiro atoms. The van der Waals surface area contributed by atoms with E-state index in [1.807, 2.05) is 31.1 Å². The Labute approximate surface area is 158 Å². The van der Waals surface area contributed by atoms with Gasteiger partial charge in [0.25, 0.3) is 5.56 Å². The van der Waals surface area contributed by atoms with E-state index in [9.17, 15) is 4.79 Å². The normalized spacial score (nSPS) is 14.9. The van der Waals surface area contributed by atoms with Gasteiger partial charge in [-0.25, -0.2) is 0 Å². The van der Waals surface area contributed by atoms with Crippen LogP contribution in [-0.4, -0.2) is 50.3 Å². The van der Waals surface area contributed by atoms with Gasteiger partial charge in [0.1, 0.15) is 0 Å². The molecule has 1 aromatic heterocycles. The Balaban J connectivity index is 1.78. The number of hydrogen-bond acceptors (Lipinski definition) is 6. The van der Waals surface area contributed by atoms with E-state index in [1.165, 1.54) is 5.56 Å². The van der Waals surface area contributed by atoms with Crippen LogP contribution in [0.4, 0.5) is 6.01 Å². The molecule has 0 N–H and O–H groups in total. The van der Waals surface area contributed by atoms with E-state index in [1.54, 1.807) is 6.07 Å². The standard InChI is InChI=1S/C21H23N3O3/c1-23(2)14-15-6-8-16(9-7-15)17-4-3-5-18-19(17)27-21(22-20(18)25)24-10-12-26-13-11-24/h3-9H,10-14H2,1-2H3. The highest BCUT2D eigenvalue weighted by Crippen LogP contribution is 2.29. The SMILES string of the molecule is CN(C)Cc1ccc(-c2cccc3c(=O)nc(N4CCOCC4)oc23)cc1. The Bertz CT molecular complexity index is 990. The molecule has 0 amide bonds. The maximum atomic E-state index is 12.6. The first-order valence-electron chi connectivity index (χ1n) is 9.12. The summed E-state index contributed by atoms with van der Waals surface area (Å²) in [6, 6.07) is 14.3. The van der Waals surface area contributed by atoms with Gasteiger partial charge in [0.15, 0.2) is 5.58 Å². The molecule has 2 aromatic carbocycles. The van der Waals surface area contributed by atoms with Gasteiger partial charge in [-0.05, 0) is 31.3 Å². The molecule has 140 valence electrons. The summed E-state index contributed by atoms with van der Waals surface area (Å²) in [5.74, 6) is 0. The minimum absolute atomic E-state index is 0.260. The summed E-state index contributed by atoms with van der Waals surface area (Å²) in [4.78, 5) is 20.8. The second kappa shape index (κ2) is 7.50. The maximum absolute atomic E-state index is 12.6. The molecule has 6 nitrogen and oxygen atoms in total. The third-order valence-corrected chi connectivity index (χ3v) is 4.68. The molecule has 1 aliphatic heterocycles.